The Morgan fingerprint density at radius 1 is 0.420 bits per heavy atom. The number of fused-ring (bicyclic) bond motifs is 7. The minimum Gasteiger partial charge on any atom is -0.309 e. The van der Waals surface area contributed by atoms with Gasteiger partial charge in [0.1, 0.15) is 0 Å². The Kier molecular flexibility index (Phi) is 6.43. The average molecular weight is 637 g/mol. The van der Waals surface area contributed by atoms with Crippen LogP contribution in [0.25, 0.3) is 93.2 Å². The van der Waals surface area contributed by atoms with Crippen molar-refractivity contribution in [1.29, 1.82) is 0 Å². The molecule has 2 nitrogen and oxygen atoms in total. The van der Waals surface area contributed by atoms with Gasteiger partial charge in [-0.1, -0.05) is 139 Å². The van der Waals surface area contributed by atoms with Gasteiger partial charge in [-0.2, -0.15) is 0 Å². The molecule has 0 saturated heterocycles. The van der Waals surface area contributed by atoms with Gasteiger partial charge in [-0.05, 0) is 97.6 Å². The number of aromatic nitrogens is 2. The zero-order valence-corrected chi connectivity index (χ0v) is 27.6. The van der Waals surface area contributed by atoms with Gasteiger partial charge in [0, 0.05) is 34.2 Å². The first-order valence-corrected chi connectivity index (χ1v) is 17.2. The highest BCUT2D eigenvalue weighted by Crippen LogP contribution is 2.47. The SMILES string of the molecule is Cc1ccc2c(-c3ccccc3)c3cc(-c4cc5c6cnccc6n(-c6ccccc6)c5c5ccccc45)ccc3c(-c3ccccc3)c2c1. The summed E-state index contributed by atoms with van der Waals surface area (Å²) >= 11 is 0. The Morgan fingerprint density at radius 3 is 1.72 bits per heavy atom. The maximum atomic E-state index is 4.60. The normalized spacial score (nSPS) is 11.7. The molecule has 0 unspecified atom stereocenters. The molecule has 234 valence electrons. The van der Waals surface area contributed by atoms with E-state index in [9.17, 15) is 0 Å². The van der Waals surface area contributed by atoms with Gasteiger partial charge in [0.05, 0.1) is 11.0 Å². The number of pyridine rings is 1. The number of nitrogens with zero attached hydrogens (tertiary/aromatic N) is 2. The highest BCUT2D eigenvalue weighted by Gasteiger charge is 2.21. The summed E-state index contributed by atoms with van der Waals surface area (Å²) in [5, 5.41) is 9.86. The van der Waals surface area contributed by atoms with Gasteiger partial charge < -0.3 is 4.57 Å². The Hall–Kier alpha value is -6.51. The molecule has 0 aliphatic rings. The van der Waals surface area contributed by atoms with E-state index in [1.54, 1.807) is 0 Å². The van der Waals surface area contributed by atoms with Crippen LogP contribution in [0.15, 0.2) is 176 Å². The molecular weight excluding hydrogens is 605 g/mol. The minimum absolute atomic E-state index is 1.14. The summed E-state index contributed by atoms with van der Waals surface area (Å²) in [6, 6.07) is 59.9. The molecule has 50 heavy (non-hydrogen) atoms. The van der Waals surface area contributed by atoms with Gasteiger partial charge in [-0.15, -0.1) is 0 Å². The van der Waals surface area contributed by atoms with Crippen LogP contribution in [0.3, 0.4) is 0 Å². The summed E-state index contributed by atoms with van der Waals surface area (Å²) in [4.78, 5) is 4.60. The van der Waals surface area contributed by atoms with Crippen LogP contribution in [-0.4, -0.2) is 9.55 Å². The zero-order valence-electron chi connectivity index (χ0n) is 27.6. The molecule has 10 aromatic rings. The summed E-state index contributed by atoms with van der Waals surface area (Å²) in [5.41, 5.74) is 12.2. The second-order valence-electron chi connectivity index (χ2n) is 13.2. The molecule has 0 aliphatic heterocycles. The molecule has 2 heteroatoms. The minimum atomic E-state index is 1.14. The first kappa shape index (κ1) is 28.5. The molecule has 0 spiro atoms. The van der Waals surface area contributed by atoms with Crippen molar-refractivity contribution < 1.29 is 0 Å². The quantitative estimate of drug-likeness (QED) is 0.176. The zero-order chi connectivity index (χ0) is 33.2. The number of rotatable bonds is 4. The molecule has 0 bridgehead atoms. The largest absolute Gasteiger partial charge is 0.309 e. The van der Waals surface area contributed by atoms with Gasteiger partial charge in [-0.3, -0.25) is 4.98 Å². The third kappa shape index (κ3) is 4.32. The fraction of sp³-hybridized carbons (Fsp3) is 0.0208. The third-order valence-corrected chi connectivity index (χ3v) is 10.3. The van der Waals surface area contributed by atoms with E-state index in [0.29, 0.717) is 0 Å². The van der Waals surface area contributed by atoms with Gasteiger partial charge in [-0.25, -0.2) is 0 Å². The lowest BCUT2D eigenvalue weighted by molar-refractivity contribution is 1.18. The molecule has 8 aromatic carbocycles. The average Bonchev–Trinajstić information content (AvgIpc) is 3.52. The molecular formula is C48H32N2. The number of aryl methyl sites for hydroxylation is 1. The molecule has 0 atom stereocenters. The van der Waals surface area contributed by atoms with Crippen molar-refractivity contribution in [1.82, 2.24) is 9.55 Å². The smallest absolute Gasteiger partial charge is 0.0620 e. The highest BCUT2D eigenvalue weighted by atomic mass is 15.0. The second kappa shape index (κ2) is 11.3. The third-order valence-electron chi connectivity index (χ3n) is 10.3. The Balaban J connectivity index is 1.34. The monoisotopic (exact) mass is 636 g/mol. The summed E-state index contributed by atoms with van der Waals surface area (Å²) < 4.78 is 2.40. The lowest BCUT2D eigenvalue weighted by atomic mass is 9.84. The molecule has 0 fully saturated rings. The Morgan fingerprint density at radius 2 is 1.02 bits per heavy atom. The second-order valence-corrected chi connectivity index (χ2v) is 13.2. The number of hydrogen-bond acceptors (Lipinski definition) is 1. The Labute approximate surface area is 290 Å². The summed E-state index contributed by atoms with van der Waals surface area (Å²) in [7, 11) is 0. The van der Waals surface area contributed by atoms with Crippen molar-refractivity contribution >= 4 is 54.1 Å². The lowest BCUT2D eigenvalue weighted by Crippen LogP contribution is -1.95. The summed E-state index contributed by atoms with van der Waals surface area (Å²) in [6.07, 6.45) is 3.91. The fourth-order valence-corrected chi connectivity index (χ4v) is 8.14. The molecule has 2 heterocycles. The summed E-state index contributed by atoms with van der Waals surface area (Å²) in [5.74, 6) is 0. The topological polar surface area (TPSA) is 17.8 Å². The molecule has 0 amide bonds. The molecule has 2 aromatic heterocycles. The first-order valence-electron chi connectivity index (χ1n) is 17.2. The highest BCUT2D eigenvalue weighted by molar-refractivity contribution is 6.24. The molecule has 0 saturated carbocycles. The number of para-hydroxylation sites is 1. The van der Waals surface area contributed by atoms with Crippen molar-refractivity contribution in [2.75, 3.05) is 0 Å². The number of hydrogen-bond donors (Lipinski definition) is 0. The van der Waals surface area contributed by atoms with E-state index in [2.05, 4.69) is 180 Å². The predicted octanol–water partition coefficient (Wildman–Crippen LogP) is 12.9. The van der Waals surface area contributed by atoms with Crippen LogP contribution in [0.1, 0.15) is 5.56 Å². The fourth-order valence-electron chi connectivity index (χ4n) is 8.14. The van der Waals surface area contributed by atoms with Gasteiger partial charge in [0.2, 0.25) is 0 Å². The first-order chi connectivity index (χ1) is 24.7. The molecule has 0 radical (unpaired) electrons. The maximum absolute atomic E-state index is 4.60. The molecule has 0 N–H and O–H groups in total. The van der Waals surface area contributed by atoms with Crippen molar-refractivity contribution in [2.24, 2.45) is 0 Å². The van der Waals surface area contributed by atoms with E-state index >= 15 is 0 Å². The molecule has 0 aliphatic carbocycles. The van der Waals surface area contributed by atoms with E-state index in [4.69, 9.17) is 0 Å². The van der Waals surface area contributed by atoms with E-state index in [1.165, 1.54) is 82.2 Å². The van der Waals surface area contributed by atoms with Crippen molar-refractivity contribution in [3.05, 3.63) is 182 Å². The van der Waals surface area contributed by atoms with E-state index < -0.39 is 0 Å². The number of benzene rings is 8. The van der Waals surface area contributed by atoms with Crippen LogP contribution in [0.2, 0.25) is 0 Å². The van der Waals surface area contributed by atoms with E-state index in [0.717, 1.165) is 16.6 Å². The predicted molar refractivity (Wildman–Crippen MR) is 212 cm³/mol. The van der Waals surface area contributed by atoms with Crippen molar-refractivity contribution in [2.45, 2.75) is 6.92 Å². The maximum Gasteiger partial charge on any atom is 0.0620 e. The van der Waals surface area contributed by atoms with E-state index in [-0.39, 0.29) is 0 Å². The van der Waals surface area contributed by atoms with Crippen LogP contribution >= 0.6 is 0 Å². The van der Waals surface area contributed by atoms with Crippen LogP contribution in [-0.2, 0) is 0 Å². The van der Waals surface area contributed by atoms with E-state index in [1.807, 2.05) is 12.4 Å². The van der Waals surface area contributed by atoms with Crippen LogP contribution < -0.4 is 0 Å². The van der Waals surface area contributed by atoms with Crippen LogP contribution in [0.5, 0.6) is 0 Å². The standard InChI is InChI=1S/C48H32N2/c1-31-21-23-37-41(27-31)46(32-13-5-2-6-14-32)38-24-22-34(28-42(38)47(37)33-15-7-3-8-16-33)40-29-43-44-30-49-26-25-45(44)50(35-17-9-4-10-18-35)48(43)39-20-12-11-19-36(39)40/h2-30H,1H3. The van der Waals surface area contributed by atoms with Gasteiger partial charge in [0.25, 0.3) is 0 Å². The Bertz CT molecular complexity index is 2900. The van der Waals surface area contributed by atoms with Gasteiger partial charge >= 0.3 is 0 Å². The van der Waals surface area contributed by atoms with Crippen molar-refractivity contribution in [3.63, 3.8) is 0 Å². The summed E-state index contributed by atoms with van der Waals surface area (Å²) in [6.45, 7) is 2.19. The molecule has 10 rings (SSSR count). The lowest BCUT2D eigenvalue weighted by Gasteiger charge is -2.19. The van der Waals surface area contributed by atoms with Crippen LogP contribution in [0, 0.1) is 6.92 Å². The van der Waals surface area contributed by atoms with Gasteiger partial charge in [0.15, 0.2) is 0 Å². The van der Waals surface area contributed by atoms with Crippen LogP contribution in [0.4, 0.5) is 0 Å². The van der Waals surface area contributed by atoms with Crippen molar-refractivity contribution in [3.8, 4) is 39.1 Å².